The molecule has 0 amide bonds. The number of anilines is 1. The van der Waals surface area contributed by atoms with E-state index in [0.29, 0.717) is 12.6 Å². The summed E-state index contributed by atoms with van der Waals surface area (Å²) in [5.41, 5.74) is 2.46. The van der Waals surface area contributed by atoms with Crippen LogP contribution in [0.25, 0.3) is 0 Å². The van der Waals surface area contributed by atoms with E-state index < -0.39 is 0 Å². The Hall–Kier alpha value is -1.06. The number of rotatable bonds is 6. The molecule has 0 aliphatic rings. The van der Waals surface area contributed by atoms with Gasteiger partial charge in [-0.2, -0.15) is 0 Å². The summed E-state index contributed by atoms with van der Waals surface area (Å²) in [5.74, 6) is 0. The SMILES string of the molecule is CCNC(C)c1ccccc1N(C)CC(C)O. The number of para-hydroxylation sites is 1. The van der Waals surface area contributed by atoms with Crippen molar-refractivity contribution in [1.29, 1.82) is 0 Å². The Morgan fingerprint density at radius 3 is 2.53 bits per heavy atom. The van der Waals surface area contributed by atoms with Crippen LogP contribution >= 0.6 is 0 Å². The number of likely N-dealkylation sites (N-methyl/N-ethyl adjacent to an activating group) is 1. The van der Waals surface area contributed by atoms with E-state index in [1.165, 1.54) is 11.3 Å². The van der Waals surface area contributed by atoms with Gasteiger partial charge in [0.15, 0.2) is 0 Å². The highest BCUT2D eigenvalue weighted by Gasteiger charge is 2.13. The Morgan fingerprint density at radius 1 is 1.29 bits per heavy atom. The molecule has 2 atom stereocenters. The molecule has 96 valence electrons. The van der Waals surface area contributed by atoms with Crippen LogP contribution in [0.5, 0.6) is 0 Å². The van der Waals surface area contributed by atoms with Crippen molar-refractivity contribution >= 4 is 5.69 Å². The molecule has 0 saturated heterocycles. The maximum atomic E-state index is 9.46. The van der Waals surface area contributed by atoms with Crippen LogP contribution in [0.1, 0.15) is 32.4 Å². The molecule has 0 fully saturated rings. The fourth-order valence-corrected chi connectivity index (χ4v) is 2.11. The number of hydrogen-bond acceptors (Lipinski definition) is 3. The van der Waals surface area contributed by atoms with Gasteiger partial charge in [-0.15, -0.1) is 0 Å². The highest BCUT2D eigenvalue weighted by molar-refractivity contribution is 5.54. The molecule has 2 unspecified atom stereocenters. The number of aliphatic hydroxyl groups excluding tert-OH is 1. The fraction of sp³-hybridized carbons (Fsp3) is 0.571. The zero-order valence-electron chi connectivity index (χ0n) is 11.3. The third-order valence-corrected chi connectivity index (χ3v) is 2.86. The maximum Gasteiger partial charge on any atom is 0.0686 e. The molecule has 0 aliphatic heterocycles. The summed E-state index contributed by atoms with van der Waals surface area (Å²) in [5, 5.41) is 12.9. The highest BCUT2D eigenvalue weighted by Crippen LogP contribution is 2.25. The topological polar surface area (TPSA) is 35.5 Å². The molecule has 0 aliphatic carbocycles. The van der Waals surface area contributed by atoms with E-state index in [2.05, 4.69) is 42.3 Å². The second kappa shape index (κ2) is 6.62. The van der Waals surface area contributed by atoms with Gasteiger partial charge >= 0.3 is 0 Å². The van der Waals surface area contributed by atoms with Crippen molar-refractivity contribution in [2.75, 3.05) is 25.0 Å². The number of nitrogens with one attached hydrogen (secondary N) is 1. The largest absolute Gasteiger partial charge is 0.392 e. The van der Waals surface area contributed by atoms with Gasteiger partial charge in [-0.25, -0.2) is 0 Å². The first-order valence-electron chi connectivity index (χ1n) is 6.27. The molecule has 1 rings (SSSR count). The molecule has 3 heteroatoms. The maximum absolute atomic E-state index is 9.46. The van der Waals surface area contributed by atoms with E-state index >= 15 is 0 Å². The minimum atomic E-state index is -0.317. The molecule has 0 bridgehead atoms. The Kier molecular flexibility index (Phi) is 5.45. The van der Waals surface area contributed by atoms with Gasteiger partial charge in [-0.3, -0.25) is 0 Å². The fourth-order valence-electron chi connectivity index (χ4n) is 2.11. The molecule has 3 nitrogen and oxygen atoms in total. The summed E-state index contributed by atoms with van der Waals surface area (Å²) < 4.78 is 0. The minimum absolute atomic E-state index is 0.317. The van der Waals surface area contributed by atoms with Crippen molar-refractivity contribution in [2.24, 2.45) is 0 Å². The van der Waals surface area contributed by atoms with Gasteiger partial charge in [-0.05, 0) is 32.0 Å². The van der Waals surface area contributed by atoms with Crippen molar-refractivity contribution in [1.82, 2.24) is 5.32 Å². The number of benzene rings is 1. The van der Waals surface area contributed by atoms with Crippen LogP contribution in [0.15, 0.2) is 24.3 Å². The lowest BCUT2D eigenvalue weighted by molar-refractivity contribution is 0.201. The second-order valence-corrected chi connectivity index (χ2v) is 4.57. The Balaban J connectivity index is 2.90. The van der Waals surface area contributed by atoms with E-state index in [1.807, 2.05) is 20.0 Å². The van der Waals surface area contributed by atoms with Crippen LogP contribution in [-0.4, -0.2) is 31.3 Å². The van der Waals surface area contributed by atoms with Gasteiger partial charge in [0.1, 0.15) is 0 Å². The summed E-state index contributed by atoms with van der Waals surface area (Å²) in [7, 11) is 2.02. The van der Waals surface area contributed by atoms with E-state index in [1.54, 1.807) is 0 Å². The number of aliphatic hydroxyl groups is 1. The van der Waals surface area contributed by atoms with E-state index in [0.717, 1.165) is 6.54 Å². The van der Waals surface area contributed by atoms with Crippen molar-refractivity contribution in [3.63, 3.8) is 0 Å². The van der Waals surface area contributed by atoms with Crippen molar-refractivity contribution in [3.8, 4) is 0 Å². The molecule has 0 radical (unpaired) electrons. The average molecular weight is 236 g/mol. The van der Waals surface area contributed by atoms with Gasteiger partial charge < -0.3 is 15.3 Å². The van der Waals surface area contributed by atoms with Gasteiger partial charge in [0.05, 0.1) is 6.10 Å². The summed E-state index contributed by atoms with van der Waals surface area (Å²) in [6.45, 7) is 7.69. The lowest BCUT2D eigenvalue weighted by Gasteiger charge is -2.26. The Bertz CT molecular complexity index is 339. The molecular weight excluding hydrogens is 212 g/mol. The first kappa shape index (κ1) is 14.0. The van der Waals surface area contributed by atoms with Crippen LogP contribution < -0.4 is 10.2 Å². The van der Waals surface area contributed by atoms with Crippen LogP contribution in [-0.2, 0) is 0 Å². The molecule has 0 spiro atoms. The first-order valence-corrected chi connectivity index (χ1v) is 6.27. The van der Waals surface area contributed by atoms with Gasteiger partial charge in [0, 0.05) is 25.3 Å². The summed E-state index contributed by atoms with van der Waals surface area (Å²) in [6, 6.07) is 8.67. The van der Waals surface area contributed by atoms with Gasteiger partial charge in [-0.1, -0.05) is 25.1 Å². The third kappa shape index (κ3) is 4.02. The summed E-state index contributed by atoms with van der Waals surface area (Å²) in [4.78, 5) is 2.10. The predicted molar refractivity (Wildman–Crippen MR) is 73.5 cm³/mol. The molecule has 0 saturated carbocycles. The minimum Gasteiger partial charge on any atom is -0.392 e. The zero-order valence-corrected chi connectivity index (χ0v) is 11.3. The van der Waals surface area contributed by atoms with E-state index in [9.17, 15) is 5.11 Å². The first-order chi connectivity index (χ1) is 8.06. The normalized spacial score (nSPS) is 14.4. The molecule has 1 aromatic carbocycles. The lowest BCUT2D eigenvalue weighted by atomic mass is 10.1. The van der Waals surface area contributed by atoms with Crippen LogP contribution in [0.3, 0.4) is 0 Å². The molecule has 2 N–H and O–H groups in total. The number of hydrogen-bond donors (Lipinski definition) is 2. The van der Waals surface area contributed by atoms with Crippen LogP contribution in [0, 0.1) is 0 Å². The van der Waals surface area contributed by atoms with Gasteiger partial charge in [0.25, 0.3) is 0 Å². The molecule has 17 heavy (non-hydrogen) atoms. The van der Waals surface area contributed by atoms with Crippen molar-refractivity contribution < 1.29 is 5.11 Å². The lowest BCUT2D eigenvalue weighted by Crippen LogP contribution is -2.29. The van der Waals surface area contributed by atoms with E-state index in [4.69, 9.17) is 0 Å². The van der Waals surface area contributed by atoms with E-state index in [-0.39, 0.29) is 6.10 Å². The van der Waals surface area contributed by atoms with Crippen LogP contribution in [0.4, 0.5) is 5.69 Å². The number of nitrogens with zero attached hydrogens (tertiary/aromatic N) is 1. The zero-order chi connectivity index (χ0) is 12.8. The Morgan fingerprint density at radius 2 is 1.94 bits per heavy atom. The predicted octanol–water partition coefficient (Wildman–Crippen LogP) is 2.17. The van der Waals surface area contributed by atoms with Crippen molar-refractivity contribution in [2.45, 2.75) is 32.9 Å². The standard InChI is InChI=1S/C14H24N2O/c1-5-15-12(3)13-8-6-7-9-14(13)16(4)10-11(2)17/h6-9,11-12,15,17H,5,10H2,1-4H3. The quantitative estimate of drug-likeness (QED) is 0.794. The van der Waals surface area contributed by atoms with Crippen LogP contribution in [0.2, 0.25) is 0 Å². The highest BCUT2D eigenvalue weighted by atomic mass is 16.3. The third-order valence-electron chi connectivity index (χ3n) is 2.86. The molecule has 1 aromatic rings. The molecule has 0 aromatic heterocycles. The monoisotopic (exact) mass is 236 g/mol. The summed E-state index contributed by atoms with van der Waals surface area (Å²) in [6.07, 6.45) is -0.317. The van der Waals surface area contributed by atoms with Gasteiger partial charge in [0.2, 0.25) is 0 Å². The van der Waals surface area contributed by atoms with Crippen molar-refractivity contribution in [3.05, 3.63) is 29.8 Å². The smallest absolute Gasteiger partial charge is 0.0686 e. The Labute approximate surface area is 104 Å². The molecular formula is C14H24N2O. The second-order valence-electron chi connectivity index (χ2n) is 4.57. The summed E-state index contributed by atoms with van der Waals surface area (Å²) >= 11 is 0. The average Bonchev–Trinajstić information content (AvgIpc) is 2.28. The molecule has 0 heterocycles.